The second-order valence-corrected chi connectivity index (χ2v) is 5.15. The maximum Gasteiger partial charge on any atom is 0.169 e. The average molecular weight is 352 g/mol. The van der Waals surface area contributed by atoms with E-state index in [0.717, 1.165) is 0 Å². The van der Waals surface area contributed by atoms with E-state index in [-0.39, 0.29) is 0 Å². The zero-order chi connectivity index (χ0) is 13.3. The Hall–Kier alpha value is -0.680. The van der Waals surface area contributed by atoms with Crippen LogP contribution < -0.4 is 4.74 Å². The van der Waals surface area contributed by atoms with E-state index in [0.29, 0.717) is 31.8 Å². The summed E-state index contributed by atoms with van der Waals surface area (Å²) in [6.07, 6.45) is -0.979. The zero-order valence-electron chi connectivity index (χ0n) is 9.28. The lowest BCUT2D eigenvalue weighted by Crippen LogP contribution is -2.00. The van der Waals surface area contributed by atoms with E-state index >= 15 is 0 Å². The van der Waals surface area contributed by atoms with Crippen molar-refractivity contribution in [1.82, 2.24) is 0 Å². The second kappa shape index (κ2) is 5.53. The molecule has 0 amide bonds. The van der Waals surface area contributed by atoms with E-state index in [9.17, 15) is 5.11 Å². The lowest BCUT2D eigenvalue weighted by Gasteiger charge is -2.12. The van der Waals surface area contributed by atoms with Gasteiger partial charge in [0.2, 0.25) is 0 Å². The van der Waals surface area contributed by atoms with Crippen LogP contribution in [0, 0.1) is 0 Å². The van der Waals surface area contributed by atoms with Crippen molar-refractivity contribution in [1.29, 1.82) is 0 Å². The Morgan fingerprint density at radius 3 is 2.56 bits per heavy atom. The monoisotopic (exact) mass is 350 g/mol. The van der Waals surface area contributed by atoms with Crippen LogP contribution in [0.4, 0.5) is 0 Å². The molecule has 2 rings (SSSR count). The molecule has 0 aliphatic heterocycles. The van der Waals surface area contributed by atoms with Gasteiger partial charge in [-0.05, 0) is 34.1 Å². The Balaban J connectivity index is 2.42. The van der Waals surface area contributed by atoms with Crippen LogP contribution in [0.5, 0.6) is 5.75 Å². The Bertz CT molecular complexity index is 568. The van der Waals surface area contributed by atoms with Gasteiger partial charge in [-0.3, -0.25) is 0 Å². The van der Waals surface area contributed by atoms with Gasteiger partial charge in [0.15, 0.2) is 4.67 Å². The first-order chi connectivity index (χ1) is 8.52. The lowest BCUT2D eigenvalue weighted by molar-refractivity contribution is 0.187. The SMILES string of the molecule is COc1cc(Cl)c(C(O)c2ccc(Br)o2)cc1Cl. The number of hydrogen-bond donors (Lipinski definition) is 1. The van der Waals surface area contributed by atoms with Gasteiger partial charge in [-0.25, -0.2) is 0 Å². The molecule has 0 aliphatic carbocycles. The van der Waals surface area contributed by atoms with Crippen molar-refractivity contribution in [3.05, 3.63) is 50.3 Å². The topological polar surface area (TPSA) is 42.6 Å². The van der Waals surface area contributed by atoms with E-state index in [1.807, 2.05) is 0 Å². The number of methoxy groups -OCH3 is 1. The highest BCUT2D eigenvalue weighted by Crippen LogP contribution is 2.36. The Morgan fingerprint density at radius 1 is 1.28 bits per heavy atom. The van der Waals surface area contributed by atoms with Gasteiger partial charge in [-0.15, -0.1) is 0 Å². The molecule has 0 fully saturated rings. The van der Waals surface area contributed by atoms with E-state index < -0.39 is 6.10 Å². The van der Waals surface area contributed by atoms with Gasteiger partial charge < -0.3 is 14.3 Å². The van der Waals surface area contributed by atoms with E-state index in [4.69, 9.17) is 32.4 Å². The maximum atomic E-state index is 10.2. The third-order valence-corrected chi connectivity index (χ3v) is 3.48. The number of aliphatic hydroxyl groups excluding tert-OH is 1. The first-order valence-corrected chi connectivity index (χ1v) is 6.54. The molecule has 2 aromatic rings. The highest BCUT2D eigenvalue weighted by molar-refractivity contribution is 9.10. The molecule has 1 N–H and O–H groups in total. The van der Waals surface area contributed by atoms with Crippen molar-refractivity contribution in [3.8, 4) is 5.75 Å². The summed E-state index contributed by atoms with van der Waals surface area (Å²) in [5, 5.41) is 10.9. The third-order valence-electron chi connectivity index (χ3n) is 2.43. The Kier molecular flexibility index (Phi) is 4.22. The summed E-state index contributed by atoms with van der Waals surface area (Å²) < 4.78 is 10.9. The molecule has 0 spiro atoms. The molecular formula is C12H9BrCl2O3. The zero-order valence-corrected chi connectivity index (χ0v) is 12.4. The molecule has 96 valence electrons. The van der Waals surface area contributed by atoms with Gasteiger partial charge in [0.05, 0.1) is 17.2 Å². The fourth-order valence-corrected chi connectivity index (χ4v) is 2.36. The first-order valence-electron chi connectivity index (χ1n) is 4.99. The molecule has 6 heteroatoms. The standard InChI is InChI=1S/C12H9BrCl2O3/c1-17-10-5-7(14)6(4-8(10)15)12(16)9-2-3-11(13)18-9/h2-5,12,16H,1H3. The van der Waals surface area contributed by atoms with Crippen LogP contribution in [0.15, 0.2) is 33.4 Å². The van der Waals surface area contributed by atoms with Crippen LogP contribution in [0.25, 0.3) is 0 Å². The molecule has 0 aliphatic rings. The first kappa shape index (κ1) is 13.7. The van der Waals surface area contributed by atoms with E-state index in [1.54, 1.807) is 24.3 Å². The minimum atomic E-state index is -0.979. The van der Waals surface area contributed by atoms with Crippen LogP contribution >= 0.6 is 39.1 Å². The largest absolute Gasteiger partial charge is 0.495 e. The summed E-state index contributed by atoms with van der Waals surface area (Å²) in [4.78, 5) is 0. The van der Waals surface area contributed by atoms with Crippen molar-refractivity contribution < 1.29 is 14.3 Å². The fraction of sp³-hybridized carbons (Fsp3) is 0.167. The predicted molar refractivity (Wildman–Crippen MR) is 73.5 cm³/mol. The molecule has 1 aromatic heterocycles. The number of benzene rings is 1. The fourth-order valence-electron chi connectivity index (χ4n) is 1.54. The van der Waals surface area contributed by atoms with Crippen molar-refractivity contribution in [2.24, 2.45) is 0 Å². The Morgan fingerprint density at radius 2 is 2.00 bits per heavy atom. The molecule has 3 nitrogen and oxygen atoms in total. The molecule has 1 atom stereocenters. The molecule has 18 heavy (non-hydrogen) atoms. The number of halogens is 3. The van der Waals surface area contributed by atoms with Crippen LogP contribution in [0.3, 0.4) is 0 Å². The summed E-state index contributed by atoms with van der Waals surface area (Å²) in [7, 11) is 1.50. The van der Waals surface area contributed by atoms with Gasteiger partial charge in [0, 0.05) is 11.6 Å². The van der Waals surface area contributed by atoms with Crippen molar-refractivity contribution in [3.63, 3.8) is 0 Å². The third kappa shape index (κ3) is 2.67. The van der Waals surface area contributed by atoms with Gasteiger partial charge in [0.1, 0.15) is 17.6 Å². The van der Waals surface area contributed by atoms with Gasteiger partial charge in [-0.1, -0.05) is 23.2 Å². The predicted octanol–water partition coefficient (Wildman–Crippen LogP) is 4.44. The minimum Gasteiger partial charge on any atom is -0.495 e. The lowest BCUT2D eigenvalue weighted by atomic mass is 10.1. The van der Waals surface area contributed by atoms with Crippen molar-refractivity contribution >= 4 is 39.1 Å². The van der Waals surface area contributed by atoms with Gasteiger partial charge >= 0.3 is 0 Å². The maximum absolute atomic E-state index is 10.2. The number of furan rings is 1. The summed E-state index contributed by atoms with van der Waals surface area (Å²) in [5.41, 5.74) is 0.462. The molecule has 1 aromatic carbocycles. The molecule has 1 unspecified atom stereocenters. The molecule has 0 radical (unpaired) electrons. The summed E-state index contributed by atoms with van der Waals surface area (Å²) in [6.45, 7) is 0. The van der Waals surface area contributed by atoms with Crippen LogP contribution in [0.2, 0.25) is 10.0 Å². The highest BCUT2D eigenvalue weighted by Gasteiger charge is 2.19. The van der Waals surface area contributed by atoms with Crippen molar-refractivity contribution in [2.75, 3.05) is 7.11 Å². The molecule has 1 heterocycles. The van der Waals surface area contributed by atoms with Crippen molar-refractivity contribution in [2.45, 2.75) is 6.10 Å². The normalized spacial score (nSPS) is 12.5. The number of ether oxygens (including phenoxy) is 1. The average Bonchev–Trinajstić information content (AvgIpc) is 2.77. The van der Waals surface area contributed by atoms with Gasteiger partial charge in [-0.2, -0.15) is 0 Å². The second-order valence-electron chi connectivity index (χ2n) is 3.55. The molecule has 0 bridgehead atoms. The molecule has 0 saturated heterocycles. The smallest absolute Gasteiger partial charge is 0.169 e. The van der Waals surface area contributed by atoms with E-state index in [1.165, 1.54) is 7.11 Å². The quantitative estimate of drug-likeness (QED) is 0.888. The minimum absolute atomic E-state index is 0.358. The molecule has 0 saturated carbocycles. The highest BCUT2D eigenvalue weighted by atomic mass is 79.9. The van der Waals surface area contributed by atoms with Crippen LogP contribution in [-0.4, -0.2) is 12.2 Å². The van der Waals surface area contributed by atoms with Crippen LogP contribution in [-0.2, 0) is 0 Å². The number of hydrogen-bond acceptors (Lipinski definition) is 3. The molecular weight excluding hydrogens is 343 g/mol. The summed E-state index contributed by atoms with van der Waals surface area (Å²) >= 11 is 15.3. The number of rotatable bonds is 3. The van der Waals surface area contributed by atoms with E-state index in [2.05, 4.69) is 15.9 Å². The number of aliphatic hydroxyl groups is 1. The van der Waals surface area contributed by atoms with Gasteiger partial charge in [0.25, 0.3) is 0 Å². The summed E-state index contributed by atoms with van der Waals surface area (Å²) in [6, 6.07) is 6.46. The van der Waals surface area contributed by atoms with Crippen LogP contribution in [0.1, 0.15) is 17.4 Å². The summed E-state index contributed by atoms with van der Waals surface area (Å²) in [5.74, 6) is 0.836. The Labute approximate surface area is 122 Å².